The topological polar surface area (TPSA) is 61.2 Å². The molecule has 0 aliphatic carbocycles. The van der Waals surface area contributed by atoms with Crippen LogP contribution in [0.4, 0.5) is 5.69 Å². The molecule has 1 aliphatic heterocycles. The monoisotopic (exact) mass is 250 g/mol. The maximum atomic E-state index is 12.3. The van der Waals surface area contributed by atoms with Crippen LogP contribution in [0, 0.1) is 18.3 Å². The number of hydrogen-bond acceptors (Lipinski definition) is 4. The summed E-state index contributed by atoms with van der Waals surface area (Å²) in [7, 11) is -1.71. The molecule has 5 heteroatoms. The highest BCUT2D eigenvalue weighted by Gasteiger charge is 2.42. The van der Waals surface area contributed by atoms with Gasteiger partial charge in [0.15, 0.2) is 15.1 Å². The summed E-state index contributed by atoms with van der Waals surface area (Å²) in [6.07, 6.45) is 0. The van der Waals surface area contributed by atoms with Crippen LogP contribution in [0.3, 0.4) is 0 Å². The summed E-state index contributed by atoms with van der Waals surface area (Å²) in [5.74, 6) is 0. The number of para-hydroxylation sites is 1. The van der Waals surface area contributed by atoms with Crippen LogP contribution < -0.4 is 4.90 Å². The minimum Gasteiger partial charge on any atom is -0.368 e. The molecule has 0 aromatic heterocycles. The second kappa shape index (κ2) is 3.74. The van der Waals surface area contributed by atoms with Crippen molar-refractivity contribution in [1.82, 2.24) is 0 Å². The van der Waals surface area contributed by atoms with Gasteiger partial charge in [0.05, 0.1) is 22.7 Å². The van der Waals surface area contributed by atoms with E-state index in [9.17, 15) is 8.42 Å². The fraction of sp³-hybridized carbons (Fsp3) is 0.417. The van der Waals surface area contributed by atoms with E-state index in [2.05, 4.69) is 0 Å². The number of nitriles is 1. The standard InChI is InChI=1S/C12H14N2O2S/c1-8-5-4-6-10-12(8)14(3)9(2)11(7-13)17(10,15)16/h4-6,9,11H,1-3H3. The number of hydrogen-bond donors (Lipinski definition) is 0. The molecule has 0 fully saturated rings. The molecule has 0 spiro atoms. The predicted molar refractivity (Wildman–Crippen MR) is 65.6 cm³/mol. The van der Waals surface area contributed by atoms with E-state index in [1.54, 1.807) is 19.1 Å². The van der Waals surface area contributed by atoms with Crippen LogP contribution in [0.2, 0.25) is 0 Å². The Balaban J connectivity index is 2.81. The molecule has 1 aromatic carbocycles. The van der Waals surface area contributed by atoms with Crippen molar-refractivity contribution in [3.05, 3.63) is 23.8 Å². The van der Waals surface area contributed by atoms with Crippen LogP contribution in [0.5, 0.6) is 0 Å². The van der Waals surface area contributed by atoms with Gasteiger partial charge in [-0.1, -0.05) is 12.1 Å². The lowest BCUT2D eigenvalue weighted by Crippen LogP contribution is -2.47. The van der Waals surface area contributed by atoms with Crippen molar-refractivity contribution < 1.29 is 8.42 Å². The van der Waals surface area contributed by atoms with Gasteiger partial charge in [0.2, 0.25) is 0 Å². The minimum atomic E-state index is -3.54. The van der Waals surface area contributed by atoms with Crippen LogP contribution in [0.25, 0.3) is 0 Å². The van der Waals surface area contributed by atoms with Gasteiger partial charge >= 0.3 is 0 Å². The molecule has 4 nitrogen and oxygen atoms in total. The lowest BCUT2D eigenvalue weighted by atomic mass is 10.1. The molecule has 0 amide bonds. The Labute approximate surface area is 101 Å². The smallest absolute Gasteiger partial charge is 0.198 e. The molecule has 0 radical (unpaired) electrons. The molecule has 17 heavy (non-hydrogen) atoms. The number of sulfone groups is 1. The second-order valence-corrected chi connectivity index (χ2v) is 6.41. The van der Waals surface area contributed by atoms with Crippen molar-refractivity contribution in [2.75, 3.05) is 11.9 Å². The summed E-state index contributed by atoms with van der Waals surface area (Å²) in [6, 6.07) is 6.74. The molecule has 0 saturated carbocycles. The van der Waals surface area contributed by atoms with E-state index in [1.807, 2.05) is 31.0 Å². The number of rotatable bonds is 0. The van der Waals surface area contributed by atoms with Gasteiger partial charge < -0.3 is 4.90 Å². The van der Waals surface area contributed by atoms with Gasteiger partial charge in [0.25, 0.3) is 0 Å². The third-order valence-electron chi connectivity index (χ3n) is 3.37. The average Bonchev–Trinajstić information content (AvgIpc) is 2.26. The SMILES string of the molecule is Cc1cccc2c1N(C)C(C)C(C#N)S2(=O)=O. The van der Waals surface area contributed by atoms with Gasteiger partial charge in [-0.25, -0.2) is 8.42 Å². The molecule has 0 bridgehead atoms. The highest BCUT2D eigenvalue weighted by Crippen LogP contribution is 2.38. The minimum absolute atomic E-state index is 0.268. The third kappa shape index (κ3) is 1.52. The predicted octanol–water partition coefficient (Wildman–Crippen LogP) is 1.50. The molecular formula is C12H14N2O2S. The molecule has 2 unspecified atom stereocenters. The zero-order valence-electron chi connectivity index (χ0n) is 10.0. The summed E-state index contributed by atoms with van der Waals surface area (Å²) >= 11 is 0. The molecule has 2 atom stereocenters. The Morgan fingerprint density at radius 3 is 2.65 bits per heavy atom. The molecule has 0 N–H and O–H groups in total. The fourth-order valence-electron chi connectivity index (χ4n) is 2.29. The van der Waals surface area contributed by atoms with Gasteiger partial charge in [-0.3, -0.25) is 0 Å². The van der Waals surface area contributed by atoms with E-state index in [-0.39, 0.29) is 10.9 Å². The van der Waals surface area contributed by atoms with Crippen molar-refractivity contribution in [2.45, 2.75) is 30.0 Å². The number of nitrogens with zero attached hydrogens (tertiary/aromatic N) is 2. The first-order chi connectivity index (χ1) is 7.91. The molecule has 90 valence electrons. The Bertz CT molecular complexity index is 601. The van der Waals surface area contributed by atoms with Gasteiger partial charge in [-0.15, -0.1) is 0 Å². The zero-order valence-corrected chi connectivity index (χ0v) is 10.8. The maximum absolute atomic E-state index is 12.3. The van der Waals surface area contributed by atoms with Crippen LogP contribution in [0.15, 0.2) is 23.1 Å². The Morgan fingerprint density at radius 1 is 1.41 bits per heavy atom. The summed E-state index contributed by atoms with van der Waals surface area (Å²) in [6.45, 7) is 3.64. The summed E-state index contributed by atoms with van der Waals surface area (Å²) in [4.78, 5) is 2.14. The number of aryl methyl sites for hydroxylation is 1. The molecule has 1 aliphatic rings. The number of anilines is 1. The van der Waals surface area contributed by atoms with Crippen molar-refractivity contribution in [1.29, 1.82) is 5.26 Å². The molecular weight excluding hydrogens is 236 g/mol. The first kappa shape index (κ1) is 11.9. The lowest BCUT2D eigenvalue weighted by Gasteiger charge is -2.37. The van der Waals surface area contributed by atoms with Crippen LogP contribution in [-0.2, 0) is 9.84 Å². The van der Waals surface area contributed by atoms with Crippen LogP contribution in [0.1, 0.15) is 12.5 Å². The first-order valence-corrected chi connectivity index (χ1v) is 6.92. The van der Waals surface area contributed by atoms with E-state index in [1.165, 1.54) is 0 Å². The average molecular weight is 250 g/mol. The highest BCUT2D eigenvalue weighted by molar-refractivity contribution is 7.92. The van der Waals surface area contributed by atoms with Crippen molar-refractivity contribution >= 4 is 15.5 Å². The molecule has 0 saturated heterocycles. The molecule has 2 rings (SSSR count). The lowest BCUT2D eigenvalue weighted by molar-refractivity contribution is 0.563. The summed E-state index contributed by atoms with van der Waals surface area (Å²) in [5, 5.41) is 8.06. The maximum Gasteiger partial charge on any atom is 0.198 e. The summed E-state index contributed by atoms with van der Waals surface area (Å²) in [5.41, 5.74) is 1.63. The highest BCUT2D eigenvalue weighted by atomic mass is 32.2. The van der Waals surface area contributed by atoms with Crippen molar-refractivity contribution in [3.8, 4) is 6.07 Å². The van der Waals surface area contributed by atoms with E-state index in [0.717, 1.165) is 5.56 Å². The Hall–Kier alpha value is -1.54. The van der Waals surface area contributed by atoms with Crippen molar-refractivity contribution in [3.63, 3.8) is 0 Å². The van der Waals surface area contributed by atoms with Crippen LogP contribution >= 0.6 is 0 Å². The van der Waals surface area contributed by atoms with Gasteiger partial charge in [-0.05, 0) is 25.5 Å². The zero-order chi connectivity index (χ0) is 12.8. The van der Waals surface area contributed by atoms with E-state index in [4.69, 9.17) is 5.26 Å². The first-order valence-electron chi connectivity index (χ1n) is 5.37. The molecule has 1 aromatic rings. The normalized spacial score (nSPS) is 26.1. The quantitative estimate of drug-likeness (QED) is 0.700. The van der Waals surface area contributed by atoms with Gasteiger partial charge in [0.1, 0.15) is 0 Å². The van der Waals surface area contributed by atoms with E-state index in [0.29, 0.717) is 5.69 Å². The Morgan fingerprint density at radius 2 is 2.06 bits per heavy atom. The van der Waals surface area contributed by atoms with Gasteiger partial charge in [0, 0.05) is 7.05 Å². The largest absolute Gasteiger partial charge is 0.368 e. The number of benzene rings is 1. The van der Waals surface area contributed by atoms with E-state index < -0.39 is 15.1 Å². The second-order valence-electron chi connectivity index (χ2n) is 4.37. The number of fused-ring (bicyclic) bond motifs is 1. The van der Waals surface area contributed by atoms with Crippen LogP contribution in [-0.4, -0.2) is 26.8 Å². The summed E-state index contributed by atoms with van der Waals surface area (Å²) < 4.78 is 24.6. The molecule has 1 heterocycles. The fourth-order valence-corrected chi connectivity index (χ4v) is 4.25. The van der Waals surface area contributed by atoms with Gasteiger partial charge in [-0.2, -0.15) is 5.26 Å². The van der Waals surface area contributed by atoms with Crippen molar-refractivity contribution in [2.24, 2.45) is 0 Å². The third-order valence-corrected chi connectivity index (χ3v) is 5.48. The van der Waals surface area contributed by atoms with E-state index >= 15 is 0 Å². The Kier molecular flexibility index (Phi) is 2.63.